The summed E-state index contributed by atoms with van der Waals surface area (Å²) in [5, 5.41) is 0. The van der Waals surface area contributed by atoms with E-state index >= 15 is 0 Å². The normalized spacial score (nSPS) is 9.27. The first-order chi connectivity index (χ1) is 5.27. The third kappa shape index (κ3) is 1.93. The molecule has 0 bridgehead atoms. The molecule has 0 saturated heterocycles. The molecule has 0 radical (unpaired) electrons. The zero-order valence-corrected chi connectivity index (χ0v) is 8.48. The Labute approximate surface area is 80.5 Å². The lowest BCUT2D eigenvalue weighted by Crippen LogP contribution is -1.99. The van der Waals surface area contributed by atoms with E-state index in [-0.39, 0.29) is 0 Å². The highest BCUT2D eigenvalue weighted by Crippen LogP contribution is 2.16. The van der Waals surface area contributed by atoms with E-state index in [1.54, 1.807) is 0 Å². The van der Waals surface area contributed by atoms with Crippen LogP contribution >= 0.6 is 32.3 Å². The molecule has 0 aromatic carbocycles. The maximum absolute atomic E-state index is 5.45. The molecular formula is C4H5Br2N5. The number of rotatable bonds is 2. The van der Waals surface area contributed by atoms with Gasteiger partial charge < -0.3 is 14.4 Å². The summed E-state index contributed by atoms with van der Waals surface area (Å²) in [6, 6.07) is 0. The third-order valence-electron chi connectivity index (χ3n) is 0.987. The summed E-state index contributed by atoms with van der Waals surface area (Å²) in [6.45, 7) is 0. The summed E-state index contributed by atoms with van der Waals surface area (Å²) in [4.78, 5) is 7.86. The van der Waals surface area contributed by atoms with Gasteiger partial charge in [-0.15, -0.1) is 0 Å². The Hall–Kier alpha value is -0.560. The van der Waals surface area contributed by atoms with Crippen LogP contribution in [0.1, 0.15) is 0 Å². The van der Waals surface area contributed by atoms with Crippen LogP contribution in [0.5, 0.6) is 0 Å². The predicted octanol–water partition coefficient (Wildman–Crippen LogP) is 1.50. The van der Waals surface area contributed by atoms with Gasteiger partial charge in [-0.3, -0.25) is 0 Å². The van der Waals surface area contributed by atoms with Crippen LogP contribution in [0.2, 0.25) is 0 Å². The van der Waals surface area contributed by atoms with E-state index in [9.17, 15) is 0 Å². The summed E-state index contributed by atoms with van der Waals surface area (Å²) < 4.78 is 5.27. The minimum atomic E-state index is 0.341. The second kappa shape index (κ2) is 3.72. The molecule has 0 saturated carbocycles. The van der Waals surface area contributed by atoms with E-state index in [1.807, 2.05) is 0 Å². The van der Waals surface area contributed by atoms with E-state index in [1.165, 1.54) is 6.20 Å². The molecule has 0 aliphatic carbocycles. The Bertz CT molecular complexity index is 252. The van der Waals surface area contributed by atoms with Gasteiger partial charge in [0.15, 0.2) is 17.5 Å². The number of aromatic nitrogens is 2. The molecule has 1 aromatic rings. The molecule has 4 N–H and O–H groups in total. The standard InChI is InChI=1S/C4H5Br2N5/c5-10-2-1-8-3(7)4(9-2)11-6/h1H,(H2,7,8)(H2,9,10,11). The minimum absolute atomic E-state index is 0.341. The van der Waals surface area contributed by atoms with Gasteiger partial charge in [-0.25, -0.2) is 9.97 Å². The van der Waals surface area contributed by atoms with Gasteiger partial charge in [0.05, 0.1) is 6.20 Å². The molecule has 60 valence electrons. The number of hydrogen-bond acceptors (Lipinski definition) is 5. The maximum Gasteiger partial charge on any atom is 0.181 e. The summed E-state index contributed by atoms with van der Waals surface area (Å²) in [5.41, 5.74) is 5.45. The third-order valence-corrected chi connectivity index (χ3v) is 1.77. The predicted molar refractivity (Wildman–Crippen MR) is 51.5 cm³/mol. The molecule has 1 rings (SSSR count). The number of hydrogen-bond donors (Lipinski definition) is 3. The van der Waals surface area contributed by atoms with Gasteiger partial charge in [0, 0.05) is 32.3 Å². The number of anilines is 3. The smallest absolute Gasteiger partial charge is 0.181 e. The summed E-state index contributed by atoms with van der Waals surface area (Å²) in [5.74, 6) is 1.41. The SMILES string of the molecule is Nc1ncc(NBr)nc1NBr. The van der Waals surface area contributed by atoms with Gasteiger partial charge in [-0.05, 0) is 0 Å². The fourth-order valence-corrected chi connectivity index (χ4v) is 0.996. The minimum Gasteiger partial charge on any atom is -0.381 e. The number of nitrogen functional groups attached to an aromatic ring is 1. The lowest BCUT2D eigenvalue weighted by Gasteiger charge is -2.02. The van der Waals surface area contributed by atoms with Crippen molar-refractivity contribution in [2.75, 3.05) is 14.4 Å². The van der Waals surface area contributed by atoms with Crippen molar-refractivity contribution < 1.29 is 0 Å². The number of nitrogens with two attached hydrogens (primary N) is 1. The lowest BCUT2D eigenvalue weighted by molar-refractivity contribution is 1.23. The van der Waals surface area contributed by atoms with E-state index in [0.29, 0.717) is 17.5 Å². The average molecular weight is 283 g/mol. The van der Waals surface area contributed by atoms with Crippen molar-refractivity contribution >= 4 is 49.7 Å². The molecule has 7 heteroatoms. The first-order valence-corrected chi connectivity index (χ1v) is 4.22. The molecular weight excluding hydrogens is 278 g/mol. The van der Waals surface area contributed by atoms with Crippen molar-refractivity contribution in [1.29, 1.82) is 0 Å². The van der Waals surface area contributed by atoms with Crippen LogP contribution in [-0.4, -0.2) is 9.97 Å². The van der Waals surface area contributed by atoms with Crippen molar-refractivity contribution in [1.82, 2.24) is 9.97 Å². The number of halogens is 2. The summed E-state index contributed by atoms with van der Waals surface area (Å²) in [7, 11) is 0. The fourth-order valence-electron chi connectivity index (χ4n) is 0.513. The Balaban J connectivity index is 3.02. The van der Waals surface area contributed by atoms with Gasteiger partial charge in [-0.1, -0.05) is 0 Å². The summed E-state index contributed by atoms with van der Waals surface area (Å²) >= 11 is 6.01. The fraction of sp³-hybridized carbons (Fsp3) is 0. The molecule has 0 amide bonds. The molecule has 0 aliphatic heterocycles. The highest BCUT2D eigenvalue weighted by Gasteiger charge is 2.00. The molecule has 1 heterocycles. The van der Waals surface area contributed by atoms with Gasteiger partial charge in [0.25, 0.3) is 0 Å². The molecule has 5 nitrogen and oxygen atoms in total. The number of nitrogens with one attached hydrogen (secondary N) is 2. The van der Waals surface area contributed by atoms with Gasteiger partial charge in [0.1, 0.15) is 0 Å². The topological polar surface area (TPSA) is 75.9 Å². The van der Waals surface area contributed by atoms with Crippen LogP contribution in [0.25, 0.3) is 0 Å². The van der Waals surface area contributed by atoms with Crippen LogP contribution < -0.4 is 14.4 Å². The zero-order chi connectivity index (χ0) is 8.27. The molecule has 0 spiro atoms. The van der Waals surface area contributed by atoms with Crippen molar-refractivity contribution in [3.8, 4) is 0 Å². The molecule has 0 aliphatic rings. The number of nitrogens with zero attached hydrogens (tertiary/aromatic N) is 2. The van der Waals surface area contributed by atoms with Gasteiger partial charge in [-0.2, -0.15) is 0 Å². The highest BCUT2D eigenvalue weighted by molar-refractivity contribution is 9.10. The first kappa shape index (κ1) is 8.54. The average Bonchev–Trinajstić information content (AvgIpc) is 2.05. The Kier molecular flexibility index (Phi) is 2.89. The van der Waals surface area contributed by atoms with Crippen LogP contribution in [0.15, 0.2) is 6.20 Å². The van der Waals surface area contributed by atoms with Gasteiger partial charge in [0.2, 0.25) is 0 Å². The van der Waals surface area contributed by atoms with E-state index in [0.717, 1.165) is 0 Å². The molecule has 0 fully saturated rings. The van der Waals surface area contributed by atoms with Crippen molar-refractivity contribution in [3.05, 3.63) is 6.20 Å². The monoisotopic (exact) mass is 281 g/mol. The van der Waals surface area contributed by atoms with Crippen molar-refractivity contribution in [2.45, 2.75) is 0 Å². The van der Waals surface area contributed by atoms with Crippen LogP contribution in [0.3, 0.4) is 0 Å². The lowest BCUT2D eigenvalue weighted by atomic mass is 10.6. The molecule has 0 unspecified atom stereocenters. The summed E-state index contributed by atoms with van der Waals surface area (Å²) in [6.07, 6.45) is 1.51. The van der Waals surface area contributed by atoms with Crippen molar-refractivity contribution in [2.24, 2.45) is 0 Å². The molecule has 11 heavy (non-hydrogen) atoms. The Morgan fingerprint density at radius 2 is 2.09 bits per heavy atom. The zero-order valence-electron chi connectivity index (χ0n) is 5.31. The van der Waals surface area contributed by atoms with Crippen LogP contribution in [-0.2, 0) is 0 Å². The highest BCUT2D eigenvalue weighted by atomic mass is 79.9. The van der Waals surface area contributed by atoms with Crippen LogP contribution in [0.4, 0.5) is 17.5 Å². The Morgan fingerprint density at radius 1 is 1.36 bits per heavy atom. The van der Waals surface area contributed by atoms with Crippen LogP contribution in [0, 0.1) is 0 Å². The maximum atomic E-state index is 5.45. The quantitative estimate of drug-likeness (QED) is 0.717. The van der Waals surface area contributed by atoms with E-state index in [4.69, 9.17) is 5.73 Å². The second-order valence-electron chi connectivity index (χ2n) is 1.68. The van der Waals surface area contributed by atoms with E-state index in [2.05, 4.69) is 50.9 Å². The second-order valence-corrected chi connectivity index (χ2v) is 2.47. The van der Waals surface area contributed by atoms with E-state index < -0.39 is 0 Å². The molecule has 1 aromatic heterocycles. The largest absolute Gasteiger partial charge is 0.381 e. The Morgan fingerprint density at radius 3 is 2.64 bits per heavy atom. The van der Waals surface area contributed by atoms with Crippen molar-refractivity contribution in [3.63, 3.8) is 0 Å². The van der Waals surface area contributed by atoms with Gasteiger partial charge >= 0.3 is 0 Å². The molecule has 0 atom stereocenters. The first-order valence-electron chi connectivity index (χ1n) is 2.63.